The van der Waals surface area contributed by atoms with Gasteiger partial charge in [0.2, 0.25) is 5.91 Å². The van der Waals surface area contributed by atoms with Gasteiger partial charge in [-0.15, -0.1) is 0 Å². The molecule has 1 N–H and O–H groups in total. The van der Waals surface area contributed by atoms with Crippen LogP contribution in [0.15, 0.2) is 24.3 Å². The van der Waals surface area contributed by atoms with E-state index < -0.39 is 0 Å². The van der Waals surface area contributed by atoms with Gasteiger partial charge in [0.25, 0.3) is 0 Å². The fourth-order valence-corrected chi connectivity index (χ4v) is 2.70. The molecule has 0 saturated carbocycles. The summed E-state index contributed by atoms with van der Waals surface area (Å²) in [4.78, 5) is 14.4. The quantitative estimate of drug-likeness (QED) is 0.748. The Hall–Kier alpha value is -1.86. The van der Waals surface area contributed by atoms with E-state index in [0.29, 0.717) is 31.3 Å². The molecule has 1 amide bonds. The van der Waals surface area contributed by atoms with Gasteiger partial charge in [0.1, 0.15) is 0 Å². The van der Waals surface area contributed by atoms with Crippen LogP contribution in [0.4, 0.5) is 0 Å². The zero-order valence-electron chi connectivity index (χ0n) is 15.7. The van der Waals surface area contributed by atoms with Crippen molar-refractivity contribution >= 4 is 5.91 Å². The number of carbonyl (C=O) groups excluding carboxylic acids is 1. The molecule has 1 aromatic rings. The summed E-state index contributed by atoms with van der Waals surface area (Å²) in [6.07, 6.45) is 0.450. The van der Waals surface area contributed by atoms with Crippen LogP contribution in [0, 0.1) is 17.2 Å². The number of hydrogen-bond acceptors (Lipinski definition) is 3. The minimum Gasteiger partial charge on any atom is -0.348 e. The molecule has 0 fully saturated rings. The van der Waals surface area contributed by atoms with Crippen LogP contribution in [0.3, 0.4) is 0 Å². The fourth-order valence-electron chi connectivity index (χ4n) is 2.70. The van der Waals surface area contributed by atoms with Crippen LogP contribution in [0.2, 0.25) is 0 Å². The zero-order chi connectivity index (χ0) is 18.1. The van der Waals surface area contributed by atoms with Crippen molar-refractivity contribution in [2.24, 2.45) is 5.92 Å². The number of nitrogens with one attached hydrogen (secondary N) is 1. The van der Waals surface area contributed by atoms with Gasteiger partial charge < -0.3 is 5.32 Å². The number of benzene rings is 1. The Bertz CT molecular complexity index is 543. The maximum atomic E-state index is 12.4. The second-order valence-electron chi connectivity index (χ2n) is 6.89. The van der Waals surface area contributed by atoms with Crippen molar-refractivity contribution in [1.82, 2.24) is 10.2 Å². The van der Waals surface area contributed by atoms with Gasteiger partial charge in [-0.25, -0.2) is 0 Å². The number of hydrogen-bond donors (Lipinski definition) is 1. The molecule has 0 unspecified atom stereocenters. The highest BCUT2D eigenvalue weighted by Gasteiger charge is 2.19. The first-order valence-electron chi connectivity index (χ1n) is 8.87. The largest absolute Gasteiger partial charge is 0.348 e. The number of nitrogens with zero attached hydrogens (tertiary/aromatic N) is 2. The number of amides is 1. The molecule has 4 heteroatoms. The second kappa shape index (κ2) is 10.1. The third kappa shape index (κ3) is 6.33. The van der Waals surface area contributed by atoms with Crippen molar-refractivity contribution in [2.45, 2.75) is 53.0 Å². The van der Waals surface area contributed by atoms with E-state index in [0.717, 1.165) is 12.1 Å². The van der Waals surface area contributed by atoms with E-state index in [1.165, 1.54) is 5.56 Å². The maximum absolute atomic E-state index is 12.4. The lowest BCUT2D eigenvalue weighted by atomic mass is 9.93. The molecule has 0 aliphatic heterocycles. The molecule has 4 nitrogen and oxygen atoms in total. The van der Waals surface area contributed by atoms with Gasteiger partial charge in [-0.2, -0.15) is 5.26 Å². The van der Waals surface area contributed by atoms with E-state index in [1.807, 2.05) is 11.8 Å². The molecule has 132 valence electrons. The molecule has 24 heavy (non-hydrogen) atoms. The Kier molecular flexibility index (Phi) is 8.49. The average molecular weight is 329 g/mol. The summed E-state index contributed by atoms with van der Waals surface area (Å²) < 4.78 is 0. The van der Waals surface area contributed by atoms with Gasteiger partial charge in [0, 0.05) is 13.0 Å². The first-order valence-corrected chi connectivity index (χ1v) is 8.87. The summed E-state index contributed by atoms with van der Waals surface area (Å²) in [5.74, 6) is 0.832. The molecule has 0 saturated heterocycles. The van der Waals surface area contributed by atoms with Gasteiger partial charge in [0.05, 0.1) is 18.7 Å². The third-order valence-corrected chi connectivity index (χ3v) is 4.30. The minimum absolute atomic E-state index is 0.00776. The Balaban J connectivity index is 2.75. The summed E-state index contributed by atoms with van der Waals surface area (Å²) in [5.41, 5.74) is 2.45. The molecular weight excluding hydrogens is 298 g/mol. The van der Waals surface area contributed by atoms with Crippen LogP contribution in [-0.4, -0.2) is 30.4 Å². The predicted octanol–water partition coefficient (Wildman–Crippen LogP) is 3.86. The van der Waals surface area contributed by atoms with Crippen molar-refractivity contribution in [3.8, 4) is 6.07 Å². The minimum atomic E-state index is 0.00776. The van der Waals surface area contributed by atoms with E-state index in [9.17, 15) is 4.79 Å². The molecular formula is C20H31N3O. The molecule has 0 heterocycles. The predicted molar refractivity (Wildman–Crippen MR) is 98.6 cm³/mol. The fraction of sp³-hybridized carbons (Fsp3) is 0.600. The summed E-state index contributed by atoms with van der Waals surface area (Å²) in [7, 11) is 0. The molecule has 1 atom stereocenters. The van der Waals surface area contributed by atoms with E-state index in [4.69, 9.17) is 5.26 Å². The highest BCUT2D eigenvalue weighted by molar-refractivity contribution is 5.78. The van der Waals surface area contributed by atoms with Crippen LogP contribution in [0.25, 0.3) is 0 Å². The summed E-state index contributed by atoms with van der Waals surface area (Å²) in [6.45, 7) is 12.3. The van der Waals surface area contributed by atoms with E-state index in [1.54, 1.807) is 0 Å². The molecule has 1 aromatic carbocycles. The van der Waals surface area contributed by atoms with Crippen molar-refractivity contribution < 1.29 is 4.79 Å². The van der Waals surface area contributed by atoms with Crippen LogP contribution < -0.4 is 5.32 Å². The third-order valence-electron chi connectivity index (χ3n) is 4.30. The van der Waals surface area contributed by atoms with Crippen molar-refractivity contribution in [3.63, 3.8) is 0 Å². The topological polar surface area (TPSA) is 56.1 Å². The van der Waals surface area contributed by atoms with Crippen molar-refractivity contribution in [2.75, 3.05) is 19.6 Å². The van der Waals surface area contributed by atoms with Crippen LogP contribution in [0.5, 0.6) is 0 Å². The molecule has 0 aliphatic carbocycles. The molecule has 0 radical (unpaired) electrons. The second-order valence-corrected chi connectivity index (χ2v) is 6.89. The van der Waals surface area contributed by atoms with E-state index in [2.05, 4.69) is 63.3 Å². The van der Waals surface area contributed by atoms with Gasteiger partial charge in [-0.3, -0.25) is 9.69 Å². The van der Waals surface area contributed by atoms with Gasteiger partial charge in [0.15, 0.2) is 0 Å². The SMILES string of the molecule is CCN(CCC#N)CC(=O)N[C@@H](c1ccc(C(C)C)cc1)C(C)C. The molecule has 0 bridgehead atoms. The number of rotatable bonds is 9. The highest BCUT2D eigenvalue weighted by atomic mass is 16.2. The van der Waals surface area contributed by atoms with Gasteiger partial charge >= 0.3 is 0 Å². The normalized spacial score (nSPS) is 12.5. The van der Waals surface area contributed by atoms with Crippen LogP contribution in [0.1, 0.15) is 64.1 Å². The molecule has 0 spiro atoms. The Morgan fingerprint density at radius 3 is 2.21 bits per heavy atom. The number of likely N-dealkylation sites (N-methyl/N-ethyl adjacent to an activating group) is 1. The lowest BCUT2D eigenvalue weighted by molar-refractivity contribution is -0.123. The van der Waals surface area contributed by atoms with Gasteiger partial charge in [-0.1, -0.05) is 58.9 Å². The first kappa shape index (κ1) is 20.2. The average Bonchev–Trinajstić information content (AvgIpc) is 2.56. The first-order chi connectivity index (χ1) is 11.4. The summed E-state index contributed by atoms with van der Waals surface area (Å²) in [6, 6.07) is 10.7. The van der Waals surface area contributed by atoms with Gasteiger partial charge in [-0.05, 0) is 29.5 Å². The van der Waals surface area contributed by atoms with Crippen molar-refractivity contribution in [3.05, 3.63) is 35.4 Å². The van der Waals surface area contributed by atoms with E-state index in [-0.39, 0.29) is 11.9 Å². The number of carbonyl (C=O) groups is 1. The monoisotopic (exact) mass is 329 g/mol. The zero-order valence-corrected chi connectivity index (χ0v) is 15.7. The Morgan fingerprint density at radius 1 is 1.17 bits per heavy atom. The van der Waals surface area contributed by atoms with Crippen molar-refractivity contribution in [1.29, 1.82) is 5.26 Å². The smallest absolute Gasteiger partial charge is 0.234 e. The Morgan fingerprint density at radius 2 is 1.75 bits per heavy atom. The highest BCUT2D eigenvalue weighted by Crippen LogP contribution is 2.24. The summed E-state index contributed by atoms with van der Waals surface area (Å²) in [5, 5.41) is 11.9. The van der Waals surface area contributed by atoms with Crippen LogP contribution >= 0.6 is 0 Å². The molecule has 1 rings (SSSR count). The molecule has 0 aromatic heterocycles. The standard InChI is InChI=1S/C20H31N3O/c1-6-23(13-7-12-21)14-19(24)22-20(16(4)5)18-10-8-17(9-11-18)15(2)3/h8-11,15-16,20H,6-7,13-14H2,1-5H3,(H,22,24)/t20-/m1/s1. The van der Waals surface area contributed by atoms with E-state index >= 15 is 0 Å². The lowest BCUT2D eigenvalue weighted by Crippen LogP contribution is -2.40. The summed E-state index contributed by atoms with van der Waals surface area (Å²) >= 11 is 0. The lowest BCUT2D eigenvalue weighted by Gasteiger charge is -2.25. The van der Waals surface area contributed by atoms with Crippen LogP contribution in [-0.2, 0) is 4.79 Å². The molecule has 0 aliphatic rings. The maximum Gasteiger partial charge on any atom is 0.234 e. The number of nitriles is 1. The Labute approximate surface area is 146 Å².